The van der Waals surface area contributed by atoms with Gasteiger partial charge in [0.1, 0.15) is 0 Å². The third-order valence-corrected chi connectivity index (χ3v) is 4.04. The first-order chi connectivity index (χ1) is 8.81. The lowest BCUT2D eigenvalue weighted by Crippen LogP contribution is -2.30. The number of amides is 1. The molecule has 18 heavy (non-hydrogen) atoms. The summed E-state index contributed by atoms with van der Waals surface area (Å²) in [5.41, 5.74) is 2.73. The van der Waals surface area contributed by atoms with E-state index in [1.165, 1.54) is 11.1 Å². The molecule has 0 N–H and O–H groups in total. The van der Waals surface area contributed by atoms with Crippen LogP contribution in [0.1, 0.15) is 36.8 Å². The number of benzene rings is 1. The first-order valence-electron chi connectivity index (χ1n) is 6.72. The van der Waals surface area contributed by atoms with Crippen molar-refractivity contribution in [1.29, 1.82) is 0 Å². The van der Waals surface area contributed by atoms with Gasteiger partial charge in [0.05, 0.1) is 0 Å². The summed E-state index contributed by atoms with van der Waals surface area (Å²) in [6, 6.07) is 8.50. The van der Waals surface area contributed by atoms with Gasteiger partial charge >= 0.3 is 0 Å². The monoisotopic (exact) mass is 309 g/mol. The summed E-state index contributed by atoms with van der Waals surface area (Å²) >= 11 is 3.40. The van der Waals surface area contributed by atoms with Gasteiger partial charge in [-0.2, -0.15) is 0 Å². The van der Waals surface area contributed by atoms with Crippen LogP contribution < -0.4 is 0 Å². The molecule has 0 saturated heterocycles. The number of rotatable bonds is 4. The largest absolute Gasteiger partial charge is 0.338 e. The summed E-state index contributed by atoms with van der Waals surface area (Å²) in [7, 11) is 0. The molecule has 1 aromatic carbocycles. The van der Waals surface area contributed by atoms with E-state index in [0.29, 0.717) is 12.3 Å². The molecule has 0 bridgehead atoms. The van der Waals surface area contributed by atoms with E-state index in [1.54, 1.807) is 0 Å². The second kappa shape index (κ2) is 6.93. The lowest BCUT2D eigenvalue weighted by molar-refractivity contribution is -0.131. The molecule has 0 spiro atoms. The fourth-order valence-electron chi connectivity index (χ4n) is 2.44. The van der Waals surface area contributed by atoms with Crippen LogP contribution in [0.25, 0.3) is 0 Å². The van der Waals surface area contributed by atoms with Crippen molar-refractivity contribution in [2.45, 2.75) is 38.6 Å². The number of nitrogens with zero attached hydrogens (tertiary/aromatic N) is 1. The molecule has 3 heteroatoms. The number of halogens is 1. The Bertz CT molecular complexity index is 405. The molecule has 1 amide bonds. The Morgan fingerprint density at radius 1 is 1.22 bits per heavy atom. The van der Waals surface area contributed by atoms with Crippen molar-refractivity contribution >= 4 is 21.8 Å². The Kier molecular flexibility index (Phi) is 5.24. The molecule has 0 unspecified atom stereocenters. The highest BCUT2D eigenvalue weighted by molar-refractivity contribution is 9.09. The van der Waals surface area contributed by atoms with Gasteiger partial charge in [-0.1, -0.05) is 40.2 Å². The number of alkyl halides is 1. The number of aryl methyl sites for hydroxylation is 1. The number of hydrogen-bond acceptors (Lipinski definition) is 1. The van der Waals surface area contributed by atoms with Gasteiger partial charge in [0.2, 0.25) is 5.91 Å². The predicted molar refractivity (Wildman–Crippen MR) is 77.8 cm³/mol. The van der Waals surface area contributed by atoms with E-state index >= 15 is 0 Å². The zero-order chi connectivity index (χ0) is 12.8. The molecular formula is C15H20BrNO. The molecule has 2 nitrogen and oxygen atoms in total. The van der Waals surface area contributed by atoms with Crippen LogP contribution in [0.2, 0.25) is 0 Å². The maximum absolute atomic E-state index is 12.1. The summed E-state index contributed by atoms with van der Waals surface area (Å²) < 4.78 is 0. The van der Waals surface area contributed by atoms with Crippen LogP contribution in [0.4, 0.5) is 0 Å². The lowest BCUT2D eigenvalue weighted by atomic mass is 10.0. The summed E-state index contributed by atoms with van der Waals surface area (Å²) in [6.07, 6.45) is 4.94. The predicted octanol–water partition coefficient (Wildman–Crippen LogP) is 3.53. The summed E-state index contributed by atoms with van der Waals surface area (Å²) in [6.45, 7) is 1.70. The topological polar surface area (TPSA) is 20.3 Å². The van der Waals surface area contributed by atoms with Gasteiger partial charge in [-0.3, -0.25) is 4.79 Å². The normalized spacial score (nSPS) is 15.1. The molecule has 0 radical (unpaired) electrons. The van der Waals surface area contributed by atoms with Crippen LogP contribution in [0, 0.1) is 0 Å². The molecule has 0 aliphatic carbocycles. The van der Waals surface area contributed by atoms with E-state index in [2.05, 4.69) is 40.2 Å². The molecule has 0 saturated carbocycles. The Morgan fingerprint density at radius 2 is 2.00 bits per heavy atom. The minimum atomic E-state index is 0.313. The molecule has 0 fully saturated rings. The third kappa shape index (κ3) is 3.58. The van der Waals surface area contributed by atoms with Crippen molar-refractivity contribution in [2.24, 2.45) is 0 Å². The lowest BCUT2D eigenvalue weighted by Gasteiger charge is -2.20. The van der Waals surface area contributed by atoms with Crippen LogP contribution >= 0.6 is 15.9 Å². The summed E-state index contributed by atoms with van der Waals surface area (Å²) in [4.78, 5) is 14.2. The first-order valence-corrected chi connectivity index (χ1v) is 7.84. The highest BCUT2D eigenvalue weighted by atomic mass is 79.9. The Hall–Kier alpha value is -0.830. The van der Waals surface area contributed by atoms with E-state index in [0.717, 1.165) is 44.1 Å². The van der Waals surface area contributed by atoms with Crippen molar-refractivity contribution in [1.82, 2.24) is 4.90 Å². The number of fused-ring (bicyclic) bond motifs is 1. The Balaban J connectivity index is 1.97. The van der Waals surface area contributed by atoms with Crippen LogP contribution in [0.3, 0.4) is 0 Å². The molecule has 1 heterocycles. The minimum Gasteiger partial charge on any atom is -0.338 e. The minimum absolute atomic E-state index is 0.313. The summed E-state index contributed by atoms with van der Waals surface area (Å²) in [5.74, 6) is 0.313. The van der Waals surface area contributed by atoms with Gasteiger partial charge in [-0.05, 0) is 36.8 Å². The zero-order valence-corrected chi connectivity index (χ0v) is 12.3. The maximum Gasteiger partial charge on any atom is 0.222 e. The standard InChI is InChI=1S/C15H20BrNO/c16-10-4-3-9-15(18)17-11-5-8-13-6-1-2-7-14(13)12-17/h1-2,6-7H,3-5,8-12H2. The average molecular weight is 310 g/mol. The molecule has 1 aliphatic heterocycles. The third-order valence-electron chi connectivity index (χ3n) is 3.48. The molecule has 2 rings (SSSR count). The van der Waals surface area contributed by atoms with Crippen molar-refractivity contribution < 1.29 is 4.79 Å². The Labute approximate surface area is 117 Å². The van der Waals surface area contributed by atoms with Crippen molar-refractivity contribution in [3.05, 3.63) is 35.4 Å². The molecule has 1 aromatic rings. The average Bonchev–Trinajstić information content (AvgIpc) is 2.61. The number of carbonyl (C=O) groups excluding carboxylic acids is 1. The van der Waals surface area contributed by atoms with Crippen molar-refractivity contribution in [3.8, 4) is 0 Å². The second-order valence-corrected chi connectivity index (χ2v) is 5.63. The quantitative estimate of drug-likeness (QED) is 0.615. The van der Waals surface area contributed by atoms with Gasteiger partial charge in [0, 0.05) is 24.8 Å². The van der Waals surface area contributed by atoms with Crippen molar-refractivity contribution in [3.63, 3.8) is 0 Å². The van der Waals surface area contributed by atoms with E-state index in [-0.39, 0.29) is 0 Å². The van der Waals surface area contributed by atoms with Gasteiger partial charge in [-0.25, -0.2) is 0 Å². The number of carbonyl (C=O) groups is 1. The highest BCUT2D eigenvalue weighted by Gasteiger charge is 2.17. The maximum atomic E-state index is 12.1. The molecule has 1 aliphatic rings. The van der Waals surface area contributed by atoms with E-state index in [1.807, 2.05) is 4.90 Å². The van der Waals surface area contributed by atoms with Crippen LogP contribution in [0.5, 0.6) is 0 Å². The van der Waals surface area contributed by atoms with E-state index in [9.17, 15) is 4.79 Å². The Morgan fingerprint density at radius 3 is 2.78 bits per heavy atom. The highest BCUT2D eigenvalue weighted by Crippen LogP contribution is 2.19. The van der Waals surface area contributed by atoms with Gasteiger partial charge < -0.3 is 4.90 Å². The van der Waals surface area contributed by atoms with Gasteiger partial charge in [0.15, 0.2) is 0 Å². The number of hydrogen-bond donors (Lipinski definition) is 0. The SMILES string of the molecule is O=C(CCCCBr)N1CCCc2ccccc2C1. The van der Waals surface area contributed by atoms with Gasteiger partial charge in [-0.15, -0.1) is 0 Å². The van der Waals surface area contributed by atoms with Crippen molar-refractivity contribution in [2.75, 3.05) is 11.9 Å². The molecular weight excluding hydrogens is 290 g/mol. The number of unbranched alkanes of at least 4 members (excludes halogenated alkanes) is 1. The molecule has 0 aromatic heterocycles. The van der Waals surface area contributed by atoms with Crippen LogP contribution in [-0.4, -0.2) is 22.7 Å². The summed E-state index contributed by atoms with van der Waals surface area (Å²) in [5, 5.41) is 0.989. The smallest absolute Gasteiger partial charge is 0.222 e. The fraction of sp³-hybridized carbons (Fsp3) is 0.533. The van der Waals surface area contributed by atoms with Crippen LogP contribution in [0.15, 0.2) is 24.3 Å². The fourth-order valence-corrected chi connectivity index (χ4v) is 2.84. The van der Waals surface area contributed by atoms with E-state index in [4.69, 9.17) is 0 Å². The van der Waals surface area contributed by atoms with E-state index < -0.39 is 0 Å². The van der Waals surface area contributed by atoms with Gasteiger partial charge in [0.25, 0.3) is 0 Å². The molecule has 98 valence electrons. The first kappa shape index (κ1) is 13.6. The zero-order valence-electron chi connectivity index (χ0n) is 10.7. The second-order valence-electron chi connectivity index (χ2n) is 4.83. The van der Waals surface area contributed by atoms with Crippen LogP contribution in [-0.2, 0) is 17.8 Å². The molecule has 0 atom stereocenters.